The predicted molar refractivity (Wildman–Crippen MR) is 111 cm³/mol. The molecule has 1 aliphatic rings. The topological polar surface area (TPSA) is 106 Å². The first-order valence-electron chi connectivity index (χ1n) is 9.73. The molecular weight excluding hydrogens is 402 g/mol. The Morgan fingerprint density at radius 1 is 1.20 bits per heavy atom. The third-order valence-electron chi connectivity index (χ3n) is 5.01. The molecule has 2 N–H and O–H groups in total. The minimum Gasteiger partial charge on any atom is -0.343 e. The van der Waals surface area contributed by atoms with Gasteiger partial charge < -0.3 is 5.32 Å². The fourth-order valence-electron chi connectivity index (χ4n) is 3.17. The molecule has 0 spiro atoms. The monoisotopic (exact) mass is 425 g/mol. The van der Waals surface area contributed by atoms with Crippen molar-refractivity contribution in [2.45, 2.75) is 43.3 Å². The average Bonchev–Trinajstić information content (AvgIpc) is 3.38. The van der Waals surface area contributed by atoms with Crippen LogP contribution < -0.4 is 10.0 Å². The van der Waals surface area contributed by atoms with E-state index in [1.165, 1.54) is 18.5 Å². The van der Waals surface area contributed by atoms with Gasteiger partial charge in [0, 0.05) is 11.6 Å². The highest BCUT2D eigenvalue weighted by Gasteiger charge is 2.29. The van der Waals surface area contributed by atoms with Gasteiger partial charge in [0.1, 0.15) is 12.7 Å². The van der Waals surface area contributed by atoms with Crippen molar-refractivity contribution >= 4 is 15.9 Å². The smallest absolute Gasteiger partial charge is 0.252 e. The van der Waals surface area contributed by atoms with Crippen molar-refractivity contribution in [3.05, 3.63) is 77.9 Å². The van der Waals surface area contributed by atoms with E-state index in [-0.39, 0.29) is 22.9 Å². The molecule has 1 amide bonds. The Balaban J connectivity index is 1.59. The fourth-order valence-corrected chi connectivity index (χ4v) is 4.50. The first-order valence-corrected chi connectivity index (χ1v) is 11.2. The van der Waals surface area contributed by atoms with Gasteiger partial charge in [0.05, 0.1) is 17.5 Å². The molecule has 1 heterocycles. The Labute approximate surface area is 175 Å². The predicted octanol–water partition coefficient (Wildman–Crippen LogP) is 2.20. The molecule has 8 nitrogen and oxygen atoms in total. The average molecular weight is 426 g/mol. The van der Waals surface area contributed by atoms with Crippen LogP contribution in [0.1, 0.15) is 40.4 Å². The van der Waals surface area contributed by atoms with Crippen LogP contribution in [-0.4, -0.2) is 35.1 Å². The zero-order chi connectivity index (χ0) is 21.1. The van der Waals surface area contributed by atoms with Crippen molar-refractivity contribution in [2.75, 3.05) is 0 Å². The van der Waals surface area contributed by atoms with E-state index in [2.05, 4.69) is 20.1 Å². The van der Waals surface area contributed by atoms with Crippen molar-refractivity contribution in [1.82, 2.24) is 24.8 Å². The molecule has 1 fully saturated rings. The van der Waals surface area contributed by atoms with Crippen LogP contribution >= 0.6 is 0 Å². The van der Waals surface area contributed by atoms with E-state index in [0.717, 1.165) is 18.4 Å². The molecule has 0 aliphatic heterocycles. The lowest BCUT2D eigenvalue weighted by Gasteiger charge is -2.20. The Hall–Kier alpha value is -3.04. The van der Waals surface area contributed by atoms with Crippen LogP contribution in [0, 0.1) is 6.92 Å². The normalized spacial score (nSPS) is 15.0. The van der Waals surface area contributed by atoms with Gasteiger partial charge >= 0.3 is 0 Å². The fraction of sp³-hybridized carbons (Fsp3) is 0.286. The van der Waals surface area contributed by atoms with Gasteiger partial charge in [-0.15, -0.1) is 0 Å². The molecule has 1 saturated carbocycles. The van der Waals surface area contributed by atoms with E-state index in [0.29, 0.717) is 17.7 Å². The van der Waals surface area contributed by atoms with Gasteiger partial charge in [-0.25, -0.2) is 18.1 Å². The maximum Gasteiger partial charge on any atom is 0.252 e. The summed E-state index contributed by atoms with van der Waals surface area (Å²) in [5.41, 5.74) is 1.94. The van der Waals surface area contributed by atoms with Gasteiger partial charge in [0.15, 0.2) is 0 Å². The zero-order valence-electron chi connectivity index (χ0n) is 16.5. The number of aryl methyl sites for hydroxylation is 1. The molecule has 9 heteroatoms. The number of carbonyl (C=O) groups is 1. The number of sulfonamides is 1. The molecule has 0 bridgehead atoms. The Morgan fingerprint density at radius 3 is 2.63 bits per heavy atom. The van der Waals surface area contributed by atoms with Crippen LogP contribution in [0.15, 0.2) is 66.1 Å². The quantitative estimate of drug-likeness (QED) is 0.576. The summed E-state index contributed by atoms with van der Waals surface area (Å²) >= 11 is 0. The summed E-state index contributed by atoms with van der Waals surface area (Å²) in [7, 11) is -3.64. The highest BCUT2D eigenvalue weighted by molar-refractivity contribution is 7.89. The summed E-state index contributed by atoms with van der Waals surface area (Å²) in [4.78, 5) is 17.2. The van der Waals surface area contributed by atoms with E-state index in [1.54, 1.807) is 24.0 Å². The second kappa shape index (κ2) is 8.37. The van der Waals surface area contributed by atoms with E-state index in [4.69, 9.17) is 0 Å². The molecular formula is C21H23N5O3S. The number of amides is 1. The summed E-state index contributed by atoms with van der Waals surface area (Å²) in [6.45, 7) is 2.19. The summed E-state index contributed by atoms with van der Waals surface area (Å²) < 4.78 is 29.4. The maximum absolute atomic E-state index is 13.1. The third-order valence-corrected chi connectivity index (χ3v) is 6.52. The van der Waals surface area contributed by atoms with Gasteiger partial charge in [-0.2, -0.15) is 5.10 Å². The number of hydrogen-bond donors (Lipinski definition) is 2. The van der Waals surface area contributed by atoms with Crippen LogP contribution in [0.25, 0.3) is 0 Å². The standard InChI is InChI=1S/C21H23N5O3S/c1-15-7-10-18(30(28,29)25-17-8-9-17)11-19(15)21(27)24-20(12-26-14-22-13-23-26)16-5-3-2-4-6-16/h2-7,10-11,13-14,17,20,25H,8-9,12H2,1H3,(H,24,27). The molecule has 156 valence electrons. The molecule has 1 aliphatic carbocycles. The van der Waals surface area contributed by atoms with Crippen LogP contribution in [-0.2, 0) is 16.6 Å². The second-order valence-electron chi connectivity index (χ2n) is 7.43. The van der Waals surface area contributed by atoms with Crippen molar-refractivity contribution in [3.8, 4) is 0 Å². The lowest BCUT2D eigenvalue weighted by atomic mass is 10.0. The Morgan fingerprint density at radius 2 is 1.97 bits per heavy atom. The lowest BCUT2D eigenvalue weighted by Crippen LogP contribution is -2.32. The van der Waals surface area contributed by atoms with E-state index >= 15 is 0 Å². The van der Waals surface area contributed by atoms with E-state index in [1.807, 2.05) is 30.3 Å². The summed E-state index contributed by atoms with van der Waals surface area (Å²) in [5.74, 6) is -0.343. The largest absolute Gasteiger partial charge is 0.343 e. The lowest BCUT2D eigenvalue weighted by molar-refractivity contribution is 0.0931. The highest BCUT2D eigenvalue weighted by atomic mass is 32.2. The molecule has 0 radical (unpaired) electrons. The Kier molecular flexibility index (Phi) is 5.65. The minimum absolute atomic E-state index is 0.00118. The van der Waals surface area contributed by atoms with Crippen LogP contribution in [0.4, 0.5) is 0 Å². The number of rotatable bonds is 8. The van der Waals surface area contributed by atoms with E-state index < -0.39 is 10.0 Å². The number of hydrogen-bond acceptors (Lipinski definition) is 5. The molecule has 2 aromatic carbocycles. The first kappa shape index (κ1) is 20.2. The number of aromatic nitrogens is 3. The number of nitrogens with zero attached hydrogens (tertiary/aromatic N) is 3. The molecule has 1 atom stereocenters. The van der Waals surface area contributed by atoms with E-state index in [9.17, 15) is 13.2 Å². The van der Waals surface area contributed by atoms with Gasteiger partial charge in [-0.1, -0.05) is 36.4 Å². The summed E-state index contributed by atoms with van der Waals surface area (Å²) in [6, 6.07) is 13.8. The third kappa shape index (κ3) is 4.74. The SMILES string of the molecule is Cc1ccc(S(=O)(=O)NC2CC2)cc1C(=O)NC(Cn1cncn1)c1ccccc1. The van der Waals surface area contributed by atoms with Crippen molar-refractivity contribution in [1.29, 1.82) is 0 Å². The second-order valence-corrected chi connectivity index (χ2v) is 9.14. The van der Waals surface area contributed by atoms with Gasteiger partial charge in [0.2, 0.25) is 10.0 Å². The minimum atomic E-state index is -3.64. The molecule has 3 aromatic rings. The Bertz CT molecular complexity index is 1130. The molecule has 0 saturated heterocycles. The number of benzene rings is 2. The molecule has 1 aromatic heterocycles. The highest BCUT2D eigenvalue weighted by Crippen LogP contribution is 2.24. The first-order chi connectivity index (χ1) is 14.4. The summed E-state index contributed by atoms with van der Waals surface area (Å²) in [6.07, 6.45) is 4.72. The van der Waals surface area contributed by atoms with Crippen LogP contribution in [0.5, 0.6) is 0 Å². The van der Waals surface area contributed by atoms with Gasteiger partial charge in [0.25, 0.3) is 5.91 Å². The molecule has 1 unspecified atom stereocenters. The number of nitrogens with one attached hydrogen (secondary N) is 2. The van der Waals surface area contributed by atoms with Crippen molar-refractivity contribution in [2.24, 2.45) is 0 Å². The number of carbonyl (C=O) groups excluding carboxylic acids is 1. The van der Waals surface area contributed by atoms with Crippen LogP contribution in [0.2, 0.25) is 0 Å². The zero-order valence-corrected chi connectivity index (χ0v) is 17.3. The van der Waals surface area contributed by atoms with Gasteiger partial charge in [-0.05, 0) is 43.0 Å². The van der Waals surface area contributed by atoms with Crippen LogP contribution in [0.3, 0.4) is 0 Å². The van der Waals surface area contributed by atoms with Crippen molar-refractivity contribution in [3.63, 3.8) is 0 Å². The van der Waals surface area contributed by atoms with Gasteiger partial charge in [-0.3, -0.25) is 9.48 Å². The maximum atomic E-state index is 13.1. The molecule has 4 rings (SSSR count). The van der Waals surface area contributed by atoms with Crippen molar-refractivity contribution < 1.29 is 13.2 Å². The molecule has 30 heavy (non-hydrogen) atoms. The summed E-state index contributed by atoms with van der Waals surface area (Å²) in [5, 5.41) is 7.14.